The van der Waals surface area contributed by atoms with Gasteiger partial charge in [0, 0.05) is 10.8 Å². The van der Waals surface area contributed by atoms with E-state index in [2.05, 4.69) is 27.2 Å². The normalized spacial score (nSPS) is 13.6. The number of benzene rings is 1. The molecule has 1 aromatic carbocycles. The maximum absolute atomic E-state index is 14.1. The zero-order valence-corrected chi connectivity index (χ0v) is 16.8. The van der Waals surface area contributed by atoms with Crippen LogP contribution in [0.25, 0.3) is 10.3 Å². The summed E-state index contributed by atoms with van der Waals surface area (Å²) >= 11 is 2.66. The Kier molecular flexibility index (Phi) is 6.46. The van der Waals surface area contributed by atoms with Gasteiger partial charge in [-0.15, -0.1) is 0 Å². The number of hydrogen-bond donors (Lipinski definition) is 3. The number of nitrogen functional groups attached to an aromatic ring is 1. The van der Waals surface area contributed by atoms with E-state index in [9.17, 15) is 9.50 Å². The second kappa shape index (κ2) is 8.81. The van der Waals surface area contributed by atoms with Crippen molar-refractivity contribution >= 4 is 44.4 Å². The lowest BCUT2D eigenvalue weighted by Crippen LogP contribution is -2.24. The summed E-state index contributed by atoms with van der Waals surface area (Å²) in [6.45, 7) is 3.97. The largest absolute Gasteiger partial charge is 0.394 e. The van der Waals surface area contributed by atoms with Crippen LogP contribution >= 0.6 is 23.1 Å². The summed E-state index contributed by atoms with van der Waals surface area (Å²) in [5.41, 5.74) is 6.95. The molecule has 0 radical (unpaired) electrons. The average Bonchev–Trinajstić information content (AvgIpc) is 3.02. The van der Waals surface area contributed by atoms with Gasteiger partial charge in [-0.2, -0.15) is 0 Å². The zero-order valence-electron chi connectivity index (χ0n) is 15.1. The summed E-state index contributed by atoms with van der Waals surface area (Å²) in [7, 11) is 0. The number of thioether (sulfide) groups is 1. The van der Waals surface area contributed by atoms with Gasteiger partial charge in [0.25, 0.3) is 0 Å². The van der Waals surface area contributed by atoms with E-state index >= 15 is 0 Å². The third kappa shape index (κ3) is 4.66. The van der Waals surface area contributed by atoms with E-state index in [4.69, 9.17) is 5.73 Å². The molecular weight excluding hydrogens is 385 g/mol. The molecule has 27 heavy (non-hydrogen) atoms. The van der Waals surface area contributed by atoms with Crippen LogP contribution in [0.1, 0.15) is 37.5 Å². The molecule has 4 N–H and O–H groups in total. The maximum Gasteiger partial charge on any atom is 0.192 e. The maximum atomic E-state index is 14.1. The molecule has 2 aromatic heterocycles. The molecule has 0 spiro atoms. The summed E-state index contributed by atoms with van der Waals surface area (Å²) in [5, 5.41) is 13.6. The van der Waals surface area contributed by atoms with Gasteiger partial charge in [0.15, 0.2) is 21.8 Å². The molecule has 2 heterocycles. The van der Waals surface area contributed by atoms with Gasteiger partial charge in [-0.3, -0.25) is 0 Å². The highest BCUT2D eigenvalue weighted by atomic mass is 32.2. The second-order valence-electron chi connectivity index (χ2n) is 6.15. The van der Waals surface area contributed by atoms with Gasteiger partial charge in [0.2, 0.25) is 0 Å². The monoisotopic (exact) mass is 407 g/mol. The smallest absolute Gasteiger partial charge is 0.192 e. The predicted molar refractivity (Wildman–Crippen MR) is 110 cm³/mol. The molecule has 0 amide bonds. The number of aromatic nitrogens is 3. The summed E-state index contributed by atoms with van der Waals surface area (Å²) in [6, 6.07) is 6.57. The number of nitrogens with one attached hydrogen (secondary N) is 1. The fourth-order valence-corrected chi connectivity index (χ4v) is 4.39. The van der Waals surface area contributed by atoms with Crippen LogP contribution in [0.15, 0.2) is 29.4 Å². The summed E-state index contributed by atoms with van der Waals surface area (Å²) in [6.07, 6.45) is 1.74. The van der Waals surface area contributed by atoms with Crippen LogP contribution in [0.3, 0.4) is 0 Å². The van der Waals surface area contributed by atoms with Crippen molar-refractivity contribution in [1.29, 1.82) is 0 Å². The second-order valence-corrected chi connectivity index (χ2v) is 8.49. The van der Waals surface area contributed by atoms with Crippen molar-refractivity contribution in [3.63, 3.8) is 0 Å². The first-order chi connectivity index (χ1) is 13.0. The number of halogens is 1. The Labute approximate surface area is 165 Å². The first kappa shape index (κ1) is 19.8. The third-order valence-electron chi connectivity index (χ3n) is 4.07. The highest BCUT2D eigenvalue weighted by Crippen LogP contribution is 2.37. The Morgan fingerprint density at radius 2 is 2.07 bits per heavy atom. The molecule has 144 valence electrons. The first-order valence-electron chi connectivity index (χ1n) is 8.74. The van der Waals surface area contributed by atoms with Gasteiger partial charge >= 0.3 is 0 Å². The number of nitrogens with zero attached hydrogens (tertiary/aromatic N) is 3. The molecule has 0 unspecified atom stereocenters. The van der Waals surface area contributed by atoms with Crippen LogP contribution in [0, 0.1) is 5.82 Å². The lowest BCUT2D eigenvalue weighted by molar-refractivity contribution is 0.268. The highest BCUT2D eigenvalue weighted by molar-refractivity contribution is 7.99. The van der Waals surface area contributed by atoms with Crippen LogP contribution in [0.4, 0.5) is 15.3 Å². The van der Waals surface area contributed by atoms with Crippen molar-refractivity contribution in [1.82, 2.24) is 15.0 Å². The molecule has 6 nitrogen and oxygen atoms in total. The molecule has 2 atom stereocenters. The van der Waals surface area contributed by atoms with Crippen LogP contribution in [0.5, 0.6) is 0 Å². The molecule has 0 bridgehead atoms. The van der Waals surface area contributed by atoms with Crippen LogP contribution in [0.2, 0.25) is 0 Å². The molecule has 0 fully saturated rings. The molecule has 0 aliphatic heterocycles. The Morgan fingerprint density at radius 1 is 1.30 bits per heavy atom. The number of fused-ring (bicyclic) bond motifs is 1. The molecule has 9 heteroatoms. The molecule has 3 aromatic rings. The molecule has 0 saturated heterocycles. The number of aliphatic hydroxyl groups excluding tert-OH is 1. The number of anilines is 2. The lowest BCUT2D eigenvalue weighted by atomic mass is 10.1. The lowest BCUT2D eigenvalue weighted by Gasteiger charge is -2.17. The predicted octanol–water partition coefficient (Wildman–Crippen LogP) is 4.23. The molecule has 3 rings (SSSR count). The fourth-order valence-electron chi connectivity index (χ4n) is 2.75. The number of rotatable bonds is 8. The van der Waals surface area contributed by atoms with Crippen molar-refractivity contribution in [2.75, 3.05) is 17.7 Å². The molecule has 0 aliphatic rings. The summed E-state index contributed by atoms with van der Waals surface area (Å²) in [4.78, 5) is 13.3. The van der Waals surface area contributed by atoms with Crippen LogP contribution < -0.4 is 11.1 Å². The Morgan fingerprint density at radius 3 is 2.78 bits per heavy atom. The third-order valence-corrected chi connectivity index (χ3v) is 5.95. The topological polar surface area (TPSA) is 97.0 Å². The van der Waals surface area contributed by atoms with Crippen molar-refractivity contribution < 1.29 is 9.50 Å². The van der Waals surface area contributed by atoms with Gasteiger partial charge in [-0.05, 0) is 19.4 Å². The average molecular weight is 408 g/mol. The Balaban J connectivity index is 1.92. The highest BCUT2D eigenvalue weighted by Gasteiger charge is 2.19. The van der Waals surface area contributed by atoms with Crippen molar-refractivity contribution in [3.05, 3.63) is 35.6 Å². The van der Waals surface area contributed by atoms with E-state index in [1.807, 2.05) is 13.0 Å². The first-order valence-corrected chi connectivity index (χ1v) is 10.4. The zero-order chi connectivity index (χ0) is 19.4. The van der Waals surface area contributed by atoms with Crippen molar-refractivity contribution in [2.45, 2.75) is 43.1 Å². The van der Waals surface area contributed by atoms with E-state index in [0.29, 0.717) is 27.3 Å². The quantitative estimate of drug-likeness (QED) is 0.380. The molecule has 0 aliphatic carbocycles. The number of aliphatic hydroxyl groups is 1. The Bertz CT molecular complexity index is 920. The van der Waals surface area contributed by atoms with E-state index in [-0.39, 0.29) is 23.7 Å². The van der Waals surface area contributed by atoms with E-state index in [0.717, 1.165) is 17.5 Å². The fraction of sp³-hybridized carbons (Fsp3) is 0.389. The minimum absolute atomic E-state index is 0.00171. The molecular formula is C18H22FN5OS2. The van der Waals surface area contributed by atoms with E-state index in [1.54, 1.807) is 12.1 Å². The molecule has 0 saturated carbocycles. The van der Waals surface area contributed by atoms with Gasteiger partial charge in [-0.25, -0.2) is 19.3 Å². The number of hydrogen-bond acceptors (Lipinski definition) is 8. The van der Waals surface area contributed by atoms with Crippen molar-refractivity contribution in [2.24, 2.45) is 0 Å². The summed E-state index contributed by atoms with van der Waals surface area (Å²) in [5.74, 6) is 0.350. The van der Waals surface area contributed by atoms with Crippen LogP contribution in [-0.4, -0.2) is 32.7 Å². The SMILES string of the molecule is CCC[C@H](CO)Nc1nc(S[C@@H](C)c2ccccc2F)nc2nc(N)sc12. The van der Waals surface area contributed by atoms with Gasteiger partial charge in [0.05, 0.1) is 12.6 Å². The minimum atomic E-state index is -0.252. The number of nitrogens with two attached hydrogens (primary N) is 1. The van der Waals surface area contributed by atoms with Gasteiger partial charge < -0.3 is 16.2 Å². The van der Waals surface area contributed by atoms with Gasteiger partial charge in [-0.1, -0.05) is 54.6 Å². The van der Waals surface area contributed by atoms with E-state index in [1.165, 1.54) is 29.2 Å². The van der Waals surface area contributed by atoms with Gasteiger partial charge in [0.1, 0.15) is 10.5 Å². The minimum Gasteiger partial charge on any atom is -0.394 e. The summed E-state index contributed by atoms with van der Waals surface area (Å²) < 4.78 is 14.8. The van der Waals surface area contributed by atoms with Crippen LogP contribution in [-0.2, 0) is 0 Å². The standard InChI is InChI=1S/C18H22FN5OS2/c1-3-6-11(9-25)21-15-14-16(22-17(20)27-14)24-18(23-15)26-10(2)12-7-4-5-8-13(12)19/h4-5,7-8,10-11,25H,3,6,9H2,1-2H3,(H3,20,21,22,23,24)/t10-,11+/m0/s1. The van der Waals surface area contributed by atoms with Crippen molar-refractivity contribution in [3.8, 4) is 0 Å². The van der Waals surface area contributed by atoms with E-state index < -0.39 is 0 Å². The number of thiazole rings is 1. The Hall–Kier alpha value is -1.97.